The van der Waals surface area contributed by atoms with E-state index >= 15 is 4.39 Å². The standard InChI is InChI=1S/C44H54FN13O6/c1-26(55-12-3-4-30(24-55)57-19-14-52(2)44(57)63)48-41(38(51-47)40(46)60)49-28-5-8-34(33(45)20-28)54-17-15-53(16-18-54)22-27-11-13-56(23-27)29-6-7-31-32-25-58(35-9-10-37(59)50-42(35)61)43(62)39(32)64-36(31)21-29/h5-8,20-21,27,30,35H,1,3-4,9-19,22-25,47H2,2H3,(H2,46,60)(H,48,49)(H,50,59,61)/b51-38-/t27?,30-,35?/m1/s1. The van der Waals surface area contributed by atoms with Crippen LogP contribution in [-0.4, -0.2) is 157 Å². The number of imide groups is 1. The molecule has 0 spiro atoms. The summed E-state index contributed by atoms with van der Waals surface area (Å²) in [5.74, 6) is 4.10. The van der Waals surface area contributed by atoms with Crippen molar-refractivity contribution in [2.45, 2.75) is 50.7 Å². The van der Waals surface area contributed by atoms with Gasteiger partial charge in [-0.2, -0.15) is 5.10 Å². The number of likely N-dealkylation sites (tertiary alicyclic amines) is 1. The molecule has 0 radical (unpaired) electrons. The highest BCUT2D eigenvalue weighted by atomic mass is 19.1. The molecule has 9 rings (SSSR count). The number of aliphatic imine (C=N–C) groups is 1. The van der Waals surface area contributed by atoms with Crippen LogP contribution in [0.1, 0.15) is 48.2 Å². The lowest BCUT2D eigenvalue weighted by Gasteiger charge is -2.38. The second kappa shape index (κ2) is 17.5. The number of fused-ring (bicyclic) bond motifs is 3. The van der Waals surface area contributed by atoms with Crippen LogP contribution in [0.4, 0.5) is 26.2 Å². The molecule has 20 heteroatoms. The van der Waals surface area contributed by atoms with Crippen LogP contribution in [0.5, 0.6) is 0 Å². The van der Waals surface area contributed by atoms with Crippen molar-refractivity contribution in [3.8, 4) is 0 Å². The summed E-state index contributed by atoms with van der Waals surface area (Å²) in [5.41, 5.74) is 8.52. The van der Waals surface area contributed by atoms with Crippen molar-refractivity contribution < 1.29 is 32.8 Å². The molecule has 3 atom stereocenters. The molecule has 0 saturated carbocycles. The number of nitrogens with one attached hydrogen (secondary N) is 2. The Labute approximate surface area is 369 Å². The highest BCUT2D eigenvalue weighted by Crippen LogP contribution is 2.38. The number of nitrogens with two attached hydrogens (primary N) is 2. The number of carbonyl (C=O) groups is 5. The van der Waals surface area contributed by atoms with E-state index < -0.39 is 23.7 Å². The molecule has 6 aliphatic heterocycles. The summed E-state index contributed by atoms with van der Waals surface area (Å²) in [4.78, 5) is 80.8. The minimum absolute atomic E-state index is 0.00400. The number of benzene rings is 2. The zero-order valence-electron chi connectivity index (χ0n) is 35.9. The summed E-state index contributed by atoms with van der Waals surface area (Å²) < 4.78 is 21.9. The fraction of sp³-hybridized carbons (Fsp3) is 0.477. The molecule has 2 aromatic carbocycles. The van der Waals surface area contributed by atoms with Crippen LogP contribution in [0.15, 0.2) is 63.3 Å². The Morgan fingerprint density at radius 2 is 1.77 bits per heavy atom. The number of likely N-dealkylation sites (N-methyl/N-ethyl adjacent to an activating group) is 1. The Balaban J connectivity index is 0.780. The van der Waals surface area contributed by atoms with Gasteiger partial charge in [0, 0.05) is 114 Å². The summed E-state index contributed by atoms with van der Waals surface area (Å²) in [7, 11) is 1.79. The van der Waals surface area contributed by atoms with Gasteiger partial charge in [-0.1, -0.05) is 6.58 Å². The zero-order valence-corrected chi connectivity index (χ0v) is 35.9. The number of primary amides is 1. The van der Waals surface area contributed by atoms with Crippen molar-refractivity contribution >= 4 is 69.2 Å². The SMILES string of the molecule is C=C(/N=C(Nc1ccc(N2CCN(CC3CCN(c4ccc5c6c(oc5c4)C(=O)N(C4CCC(=O)NC4=O)C6)C3)CC2)c(F)c1)\C(=N/N)C(N)=O)N1CCC[C@@H](N2CCN(C)C2=O)C1. The first-order chi connectivity index (χ1) is 30.8. The summed E-state index contributed by atoms with van der Waals surface area (Å²) in [5, 5.41) is 9.77. The molecule has 7 heterocycles. The number of hydrogen-bond donors (Lipinski definition) is 4. The van der Waals surface area contributed by atoms with Crippen LogP contribution < -0.4 is 32.0 Å². The van der Waals surface area contributed by atoms with Crippen LogP contribution in [0.3, 0.4) is 0 Å². The fourth-order valence-electron chi connectivity index (χ4n) is 10.0. The Kier molecular flexibility index (Phi) is 11.6. The summed E-state index contributed by atoms with van der Waals surface area (Å²) >= 11 is 0. The number of furan rings is 1. The second-order valence-electron chi connectivity index (χ2n) is 17.5. The van der Waals surface area contributed by atoms with Gasteiger partial charge in [0.25, 0.3) is 11.8 Å². The number of carbonyl (C=O) groups excluding carboxylic acids is 5. The molecule has 0 aliphatic carbocycles. The van der Waals surface area contributed by atoms with Crippen molar-refractivity contribution in [1.82, 2.24) is 29.8 Å². The van der Waals surface area contributed by atoms with E-state index in [2.05, 4.69) is 43.2 Å². The molecule has 0 bridgehead atoms. The maximum absolute atomic E-state index is 15.8. The topological polar surface area (TPSA) is 222 Å². The Morgan fingerprint density at radius 3 is 2.48 bits per heavy atom. The minimum Gasteiger partial charge on any atom is -0.450 e. The van der Waals surface area contributed by atoms with Gasteiger partial charge in [0.05, 0.1) is 18.3 Å². The third-order valence-electron chi connectivity index (χ3n) is 13.5. The number of hydrazone groups is 1. The van der Waals surface area contributed by atoms with Gasteiger partial charge in [0.1, 0.15) is 23.3 Å². The van der Waals surface area contributed by atoms with Gasteiger partial charge >= 0.3 is 6.03 Å². The van der Waals surface area contributed by atoms with Crippen molar-refractivity contribution in [3.05, 3.63) is 65.9 Å². The Hall–Kier alpha value is -6.70. The summed E-state index contributed by atoms with van der Waals surface area (Å²) in [6.07, 6.45) is 3.20. The maximum Gasteiger partial charge on any atom is 0.320 e. The first kappa shape index (κ1) is 42.6. The van der Waals surface area contributed by atoms with Crippen LogP contribution in [0, 0.1) is 11.7 Å². The van der Waals surface area contributed by atoms with E-state index in [0.717, 1.165) is 68.6 Å². The molecule has 3 aromatic rings. The number of anilines is 3. The number of piperazine rings is 1. The van der Waals surface area contributed by atoms with E-state index in [1.807, 2.05) is 26.8 Å². The third kappa shape index (κ3) is 8.28. The maximum atomic E-state index is 15.8. The van der Waals surface area contributed by atoms with E-state index in [1.54, 1.807) is 24.1 Å². The molecule has 6 aliphatic rings. The predicted molar refractivity (Wildman–Crippen MR) is 238 cm³/mol. The lowest BCUT2D eigenvalue weighted by Crippen LogP contribution is -2.52. The molecule has 6 N–H and O–H groups in total. The highest BCUT2D eigenvalue weighted by molar-refractivity contribution is 6.68. The van der Waals surface area contributed by atoms with Gasteiger partial charge in [0.2, 0.25) is 11.8 Å². The number of nitrogens with zero attached hydrogens (tertiary/aromatic N) is 9. The quantitative estimate of drug-likeness (QED) is 0.0714. The number of amides is 6. The minimum atomic E-state index is -0.913. The molecule has 1 aromatic heterocycles. The monoisotopic (exact) mass is 879 g/mol. The zero-order chi connectivity index (χ0) is 44.8. The Bertz CT molecular complexity index is 2460. The highest BCUT2D eigenvalue weighted by Gasteiger charge is 2.42. The molecule has 5 fully saturated rings. The van der Waals surface area contributed by atoms with Crippen molar-refractivity contribution in [3.63, 3.8) is 0 Å². The van der Waals surface area contributed by atoms with Crippen LogP contribution in [0.2, 0.25) is 0 Å². The average Bonchev–Trinajstić information content (AvgIpc) is 4.05. The molecule has 6 amide bonds. The fourth-order valence-corrected chi connectivity index (χ4v) is 10.0. The predicted octanol–water partition coefficient (Wildman–Crippen LogP) is 1.89. The number of hydrogen-bond acceptors (Lipinski definition) is 13. The van der Waals surface area contributed by atoms with Crippen molar-refractivity contribution in [2.75, 3.05) is 94.2 Å². The molecule has 2 unspecified atom stereocenters. The van der Waals surface area contributed by atoms with Gasteiger partial charge in [0.15, 0.2) is 17.3 Å². The average molecular weight is 880 g/mol. The summed E-state index contributed by atoms with van der Waals surface area (Å²) in [6.45, 7) is 12.4. The Morgan fingerprint density at radius 1 is 0.953 bits per heavy atom. The lowest BCUT2D eigenvalue weighted by atomic mass is 10.0. The largest absolute Gasteiger partial charge is 0.450 e. The lowest BCUT2D eigenvalue weighted by molar-refractivity contribution is -0.137. The number of rotatable bonds is 11. The van der Waals surface area contributed by atoms with Crippen LogP contribution in [0.25, 0.3) is 11.0 Å². The first-order valence-corrected chi connectivity index (χ1v) is 22.0. The number of amidine groups is 1. The van der Waals surface area contributed by atoms with E-state index in [4.69, 9.17) is 16.0 Å². The van der Waals surface area contributed by atoms with Gasteiger partial charge in [-0.05, 0) is 61.9 Å². The molecular weight excluding hydrogens is 826 g/mol. The first-order valence-electron chi connectivity index (χ1n) is 22.0. The van der Waals surface area contributed by atoms with E-state index in [1.165, 1.54) is 11.0 Å². The molecule has 64 heavy (non-hydrogen) atoms. The second-order valence-corrected chi connectivity index (χ2v) is 17.5. The van der Waals surface area contributed by atoms with Crippen molar-refractivity contribution in [2.24, 2.45) is 27.6 Å². The third-order valence-corrected chi connectivity index (χ3v) is 13.5. The van der Waals surface area contributed by atoms with E-state index in [0.29, 0.717) is 74.4 Å². The van der Waals surface area contributed by atoms with Crippen LogP contribution in [-0.2, 0) is 20.9 Å². The normalized spacial score (nSPS) is 23.8. The molecule has 338 valence electrons. The van der Waals surface area contributed by atoms with E-state index in [-0.39, 0.29) is 54.2 Å². The summed E-state index contributed by atoms with van der Waals surface area (Å²) in [6, 6.07) is 10.1. The number of urea groups is 1. The van der Waals surface area contributed by atoms with Gasteiger partial charge < -0.3 is 50.7 Å². The molecule has 5 saturated heterocycles. The van der Waals surface area contributed by atoms with Crippen molar-refractivity contribution in [1.29, 1.82) is 0 Å². The smallest absolute Gasteiger partial charge is 0.320 e. The van der Waals surface area contributed by atoms with Gasteiger partial charge in [-0.3, -0.25) is 29.4 Å². The molecular formula is C44H54FN13O6. The van der Waals surface area contributed by atoms with Gasteiger partial charge in [-0.15, -0.1) is 0 Å². The van der Waals surface area contributed by atoms with Gasteiger partial charge in [-0.25, -0.2) is 14.2 Å². The number of halogens is 1. The number of piperidine rings is 2. The van der Waals surface area contributed by atoms with Crippen LogP contribution >= 0.6 is 0 Å². The van der Waals surface area contributed by atoms with E-state index in [9.17, 15) is 24.0 Å². The molecule has 19 nitrogen and oxygen atoms in total.